The first-order valence-corrected chi connectivity index (χ1v) is 9.39. The Bertz CT molecular complexity index is 730. The Morgan fingerprint density at radius 2 is 1.78 bits per heavy atom. The summed E-state index contributed by atoms with van der Waals surface area (Å²) >= 11 is 0. The normalized spacial score (nSPS) is 14.2. The van der Waals surface area contributed by atoms with Crippen molar-refractivity contribution in [3.63, 3.8) is 0 Å². The zero-order chi connectivity index (χ0) is 18.9. The number of anilines is 2. The van der Waals surface area contributed by atoms with E-state index in [4.69, 9.17) is 4.74 Å². The van der Waals surface area contributed by atoms with Crippen LogP contribution in [-0.2, 0) is 16.0 Å². The van der Waals surface area contributed by atoms with Crippen LogP contribution in [-0.4, -0.2) is 45.3 Å². The van der Waals surface area contributed by atoms with Crippen LogP contribution < -0.4 is 15.5 Å². The number of carbonyl (C=O) groups excluding carboxylic acids is 1. The van der Waals surface area contributed by atoms with E-state index in [0.717, 1.165) is 43.0 Å². The monoisotopic (exact) mass is 371 g/mol. The molecule has 0 spiro atoms. The number of rotatable bonds is 8. The van der Waals surface area contributed by atoms with Crippen LogP contribution in [0.15, 0.2) is 48.5 Å². The van der Waals surface area contributed by atoms with Crippen molar-refractivity contribution in [3.8, 4) is 0 Å². The number of benzene rings is 2. The van der Waals surface area contributed by atoms with Gasteiger partial charge in [0.15, 0.2) is 0 Å². The molecule has 27 heavy (non-hydrogen) atoms. The molecule has 2 aromatic rings. The van der Waals surface area contributed by atoms with Crippen LogP contribution in [0.1, 0.15) is 12.0 Å². The first-order chi connectivity index (χ1) is 13.2. The lowest BCUT2D eigenvalue weighted by molar-refractivity contribution is -0.116. The average Bonchev–Trinajstić information content (AvgIpc) is 2.70. The van der Waals surface area contributed by atoms with Gasteiger partial charge in [-0.05, 0) is 42.8 Å². The topological polar surface area (TPSA) is 53.6 Å². The van der Waals surface area contributed by atoms with E-state index in [-0.39, 0.29) is 11.7 Å². The van der Waals surface area contributed by atoms with Crippen molar-refractivity contribution >= 4 is 17.3 Å². The summed E-state index contributed by atoms with van der Waals surface area (Å²) in [6.45, 7) is 4.44. The van der Waals surface area contributed by atoms with Gasteiger partial charge in [-0.15, -0.1) is 0 Å². The molecular formula is C21H26FN3O2. The second-order valence-corrected chi connectivity index (χ2v) is 6.54. The molecule has 0 bridgehead atoms. The summed E-state index contributed by atoms with van der Waals surface area (Å²) in [5, 5.41) is 6.28. The quantitative estimate of drug-likeness (QED) is 0.701. The minimum atomic E-state index is -0.222. The van der Waals surface area contributed by atoms with Crippen LogP contribution >= 0.6 is 0 Å². The van der Waals surface area contributed by atoms with Crippen LogP contribution in [0.5, 0.6) is 0 Å². The van der Waals surface area contributed by atoms with Gasteiger partial charge in [-0.25, -0.2) is 4.39 Å². The van der Waals surface area contributed by atoms with Gasteiger partial charge in [0.1, 0.15) is 5.82 Å². The summed E-state index contributed by atoms with van der Waals surface area (Å²) in [5.41, 5.74) is 2.96. The lowest BCUT2D eigenvalue weighted by atomic mass is 10.1. The predicted molar refractivity (Wildman–Crippen MR) is 106 cm³/mol. The number of para-hydroxylation sites is 2. The first kappa shape index (κ1) is 19.3. The molecule has 1 aliphatic heterocycles. The molecule has 0 aliphatic carbocycles. The van der Waals surface area contributed by atoms with E-state index in [9.17, 15) is 9.18 Å². The number of carbonyl (C=O) groups is 1. The second-order valence-electron chi connectivity index (χ2n) is 6.54. The van der Waals surface area contributed by atoms with Crippen molar-refractivity contribution in [2.24, 2.45) is 0 Å². The molecule has 0 unspecified atom stereocenters. The summed E-state index contributed by atoms with van der Waals surface area (Å²) in [4.78, 5) is 14.5. The highest BCUT2D eigenvalue weighted by Gasteiger charge is 2.15. The zero-order valence-corrected chi connectivity index (χ0v) is 15.4. The van der Waals surface area contributed by atoms with Gasteiger partial charge in [0.25, 0.3) is 0 Å². The Hall–Kier alpha value is -2.44. The molecule has 144 valence electrons. The molecule has 1 saturated heterocycles. The van der Waals surface area contributed by atoms with Gasteiger partial charge in [-0.3, -0.25) is 4.79 Å². The van der Waals surface area contributed by atoms with Crippen molar-refractivity contribution in [3.05, 3.63) is 59.9 Å². The summed E-state index contributed by atoms with van der Waals surface area (Å²) < 4.78 is 18.3. The molecule has 0 aromatic heterocycles. The van der Waals surface area contributed by atoms with Crippen LogP contribution in [0.2, 0.25) is 0 Å². The number of ether oxygens (including phenoxy) is 1. The van der Waals surface area contributed by atoms with E-state index in [1.807, 2.05) is 24.3 Å². The standard InChI is InChI=1S/C21H26FN3O2/c22-18-7-5-17(6-8-18)9-11-23-12-10-21(26)24-19-3-1-2-4-20(19)25-13-15-27-16-14-25/h1-8,23H,9-16H2,(H,24,26). The summed E-state index contributed by atoms with van der Waals surface area (Å²) in [6, 6.07) is 14.4. The molecule has 1 amide bonds. The number of nitrogens with one attached hydrogen (secondary N) is 2. The molecule has 5 nitrogen and oxygen atoms in total. The van der Waals surface area contributed by atoms with Crippen molar-refractivity contribution in [1.29, 1.82) is 0 Å². The van der Waals surface area contributed by atoms with Gasteiger partial charge in [0.05, 0.1) is 24.6 Å². The van der Waals surface area contributed by atoms with Crippen molar-refractivity contribution in [2.75, 3.05) is 49.6 Å². The Balaban J connectivity index is 1.41. The van der Waals surface area contributed by atoms with Crippen LogP contribution in [0, 0.1) is 5.82 Å². The minimum absolute atomic E-state index is 0.00927. The highest BCUT2D eigenvalue weighted by molar-refractivity contribution is 5.94. The van der Waals surface area contributed by atoms with Crippen LogP contribution in [0.3, 0.4) is 0 Å². The summed E-state index contributed by atoms with van der Waals surface area (Å²) in [7, 11) is 0. The summed E-state index contributed by atoms with van der Waals surface area (Å²) in [6.07, 6.45) is 1.21. The van der Waals surface area contributed by atoms with Crippen molar-refractivity contribution in [1.82, 2.24) is 5.32 Å². The number of nitrogens with zero attached hydrogens (tertiary/aromatic N) is 1. The van der Waals surface area contributed by atoms with Gasteiger partial charge >= 0.3 is 0 Å². The van der Waals surface area contributed by atoms with Gasteiger partial charge in [0, 0.05) is 26.1 Å². The van der Waals surface area contributed by atoms with Crippen LogP contribution in [0.4, 0.5) is 15.8 Å². The van der Waals surface area contributed by atoms with Gasteiger partial charge in [0.2, 0.25) is 5.91 Å². The molecule has 1 aliphatic rings. The first-order valence-electron chi connectivity index (χ1n) is 9.39. The van der Waals surface area contributed by atoms with Crippen molar-refractivity contribution < 1.29 is 13.9 Å². The maximum absolute atomic E-state index is 12.9. The smallest absolute Gasteiger partial charge is 0.225 e. The lowest BCUT2D eigenvalue weighted by Gasteiger charge is -2.30. The fraction of sp³-hybridized carbons (Fsp3) is 0.381. The van der Waals surface area contributed by atoms with E-state index >= 15 is 0 Å². The van der Waals surface area contributed by atoms with E-state index in [1.54, 1.807) is 12.1 Å². The van der Waals surface area contributed by atoms with E-state index in [2.05, 4.69) is 15.5 Å². The predicted octanol–water partition coefficient (Wildman–Crippen LogP) is 2.82. The third-order valence-corrected chi connectivity index (χ3v) is 4.56. The number of amides is 1. The van der Waals surface area contributed by atoms with Gasteiger partial charge in [-0.2, -0.15) is 0 Å². The fourth-order valence-electron chi connectivity index (χ4n) is 3.08. The Morgan fingerprint density at radius 1 is 1.04 bits per heavy atom. The summed E-state index contributed by atoms with van der Waals surface area (Å²) in [5.74, 6) is -0.231. The van der Waals surface area contributed by atoms with Gasteiger partial charge < -0.3 is 20.3 Å². The van der Waals surface area contributed by atoms with Crippen molar-refractivity contribution in [2.45, 2.75) is 12.8 Å². The lowest BCUT2D eigenvalue weighted by Crippen LogP contribution is -2.36. The molecule has 0 radical (unpaired) electrons. The number of hydrogen-bond donors (Lipinski definition) is 2. The third-order valence-electron chi connectivity index (χ3n) is 4.56. The van der Waals surface area contributed by atoms with E-state index in [0.29, 0.717) is 26.2 Å². The second kappa shape index (κ2) is 10.0. The Kier molecular flexibility index (Phi) is 7.19. The number of hydrogen-bond acceptors (Lipinski definition) is 4. The third kappa shape index (κ3) is 6.05. The Morgan fingerprint density at radius 3 is 2.56 bits per heavy atom. The van der Waals surface area contributed by atoms with E-state index < -0.39 is 0 Å². The molecule has 3 rings (SSSR count). The molecule has 1 heterocycles. The van der Waals surface area contributed by atoms with E-state index in [1.165, 1.54) is 12.1 Å². The SMILES string of the molecule is O=C(CCNCCc1ccc(F)cc1)Nc1ccccc1N1CCOCC1. The molecule has 0 atom stereocenters. The molecule has 6 heteroatoms. The largest absolute Gasteiger partial charge is 0.378 e. The maximum atomic E-state index is 12.9. The number of morpholine rings is 1. The molecule has 2 aromatic carbocycles. The fourth-order valence-corrected chi connectivity index (χ4v) is 3.08. The minimum Gasteiger partial charge on any atom is -0.378 e. The van der Waals surface area contributed by atoms with Crippen LogP contribution in [0.25, 0.3) is 0 Å². The Labute approximate surface area is 159 Å². The average molecular weight is 371 g/mol. The maximum Gasteiger partial charge on any atom is 0.225 e. The molecular weight excluding hydrogens is 345 g/mol. The molecule has 1 fully saturated rings. The highest BCUT2D eigenvalue weighted by Crippen LogP contribution is 2.26. The highest BCUT2D eigenvalue weighted by atomic mass is 19.1. The molecule has 0 saturated carbocycles. The molecule has 2 N–H and O–H groups in total. The van der Waals surface area contributed by atoms with Gasteiger partial charge in [-0.1, -0.05) is 24.3 Å². The number of halogens is 1. The zero-order valence-electron chi connectivity index (χ0n) is 15.4.